The first-order chi connectivity index (χ1) is 11.6. The Balaban J connectivity index is 1.68. The molecule has 1 aliphatic rings. The maximum Gasteiger partial charge on any atom is 0.243 e. The third-order valence-corrected chi connectivity index (χ3v) is 4.14. The third kappa shape index (κ3) is 5.45. The highest BCUT2D eigenvalue weighted by molar-refractivity contribution is 5.91. The second kappa shape index (κ2) is 9.17. The zero-order chi connectivity index (χ0) is 17.4. The van der Waals surface area contributed by atoms with E-state index in [1.54, 1.807) is 37.5 Å². The zero-order valence-electron chi connectivity index (χ0n) is 14.4. The number of nitrogens with zero attached hydrogens (tertiary/aromatic N) is 3. The van der Waals surface area contributed by atoms with Gasteiger partial charge < -0.3 is 10.2 Å². The highest BCUT2D eigenvalue weighted by Crippen LogP contribution is 2.18. The van der Waals surface area contributed by atoms with E-state index in [0.29, 0.717) is 6.54 Å². The number of hydrogen-bond donors (Lipinski definition) is 1. The smallest absolute Gasteiger partial charge is 0.243 e. The van der Waals surface area contributed by atoms with Gasteiger partial charge in [-0.3, -0.25) is 19.5 Å². The van der Waals surface area contributed by atoms with Crippen molar-refractivity contribution in [2.75, 3.05) is 33.7 Å². The van der Waals surface area contributed by atoms with E-state index in [1.165, 1.54) is 6.08 Å². The van der Waals surface area contributed by atoms with Gasteiger partial charge in [0.15, 0.2) is 0 Å². The predicted molar refractivity (Wildman–Crippen MR) is 94.2 cm³/mol. The van der Waals surface area contributed by atoms with Crippen LogP contribution in [0.15, 0.2) is 30.6 Å². The summed E-state index contributed by atoms with van der Waals surface area (Å²) in [5.41, 5.74) is 0.947. The molecule has 0 radical (unpaired) electrons. The molecule has 24 heavy (non-hydrogen) atoms. The van der Waals surface area contributed by atoms with E-state index in [1.807, 2.05) is 12.1 Å². The Bertz CT molecular complexity index is 572. The van der Waals surface area contributed by atoms with Crippen molar-refractivity contribution in [1.29, 1.82) is 0 Å². The third-order valence-electron chi connectivity index (χ3n) is 4.14. The molecule has 1 fully saturated rings. The lowest BCUT2D eigenvalue weighted by Gasteiger charge is -2.25. The van der Waals surface area contributed by atoms with Crippen LogP contribution in [0.25, 0.3) is 6.08 Å². The number of hydrogen-bond acceptors (Lipinski definition) is 4. The molecular formula is C18H26N4O2. The number of carbonyl (C=O) groups is 2. The SMILES string of the molecule is CN(C)C(=O)[C@H]1CCCN1CCCNC(=O)/C=C\c1ccncc1. The molecule has 0 spiro atoms. The maximum absolute atomic E-state index is 12.1. The van der Waals surface area contributed by atoms with E-state index < -0.39 is 0 Å². The fourth-order valence-corrected chi connectivity index (χ4v) is 2.87. The van der Waals surface area contributed by atoms with E-state index >= 15 is 0 Å². The molecule has 1 aromatic rings. The quantitative estimate of drug-likeness (QED) is 0.602. The van der Waals surface area contributed by atoms with Gasteiger partial charge in [-0.25, -0.2) is 0 Å². The van der Waals surface area contributed by atoms with Crippen LogP contribution >= 0.6 is 0 Å². The summed E-state index contributed by atoms with van der Waals surface area (Å²) in [6, 6.07) is 3.69. The van der Waals surface area contributed by atoms with Crippen LogP contribution in [-0.2, 0) is 9.59 Å². The molecule has 2 heterocycles. The molecule has 1 aromatic heterocycles. The molecule has 1 N–H and O–H groups in total. The molecule has 130 valence electrons. The first kappa shape index (κ1) is 18.1. The largest absolute Gasteiger partial charge is 0.353 e. The molecule has 6 nitrogen and oxygen atoms in total. The number of likely N-dealkylation sites (tertiary alicyclic amines) is 1. The number of pyridine rings is 1. The van der Waals surface area contributed by atoms with Crippen molar-refractivity contribution in [2.24, 2.45) is 0 Å². The van der Waals surface area contributed by atoms with Gasteiger partial charge in [0, 0.05) is 45.7 Å². The van der Waals surface area contributed by atoms with Gasteiger partial charge in [0.1, 0.15) is 0 Å². The van der Waals surface area contributed by atoms with Crippen molar-refractivity contribution in [3.05, 3.63) is 36.2 Å². The predicted octanol–water partition coefficient (Wildman–Crippen LogP) is 1.15. The first-order valence-electron chi connectivity index (χ1n) is 8.39. The van der Waals surface area contributed by atoms with E-state index in [0.717, 1.165) is 37.9 Å². The molecule has 1 saturated heterocycles. The Morgan fingerprint density at radius 3 is 2.83 bits per heavy atom. The Labute approximate surface area is 143 Å². The topological polar surface area (TPSA) is 65.5 Å². The average molecular weight is 330 g/mol. The molecule has 1 aliphatic heterocycles. The number of rotatable bonds is 7. The van der Waals surface area contributed by atoms with Gasteiger partial charge in [-0.15, -0.1) is 0 Å². The Morgan fingerprint density at radius 2 is 2.12 bits per heavy atom. The number of nitrogens with one attached hydrogen (secondary N) is 1. The van der Waals surface area contributed by atoms with Crippen LogP contribution in [-0.4, -0.2) is 66.4 Å². The number of aromatic nitrogens is 1. The Morgan fingerprint density at radius 1 is 1.38 bits per heavy atom. The average Bonchev–Trinajstić information content (AvgIpc) is 3.05. The Hall–Kier alpha value is -2.21. The minimum absolute atomic E-state index is 0.00212. The molecular weight excluding hydrogens is 304 g/mol. The zero-order valence-corrected chi connectivity index (χ0v) is 14.4. The van der Waals surface area contributed by atoms with E-state index in [4.69, 9.17) is 0 Å². The van der Waals surface area contributed by atoms with Gasteiger partial charge >= 0.3 is 0 Å². The van der Waals surface area contributed by atoms with Gasteiger partial charge in [-0.1, -0.05) is 0 Å². The van der Waals surface area contributed by atoms with Crippen molar-refractivity contribution in [3.8, 4) is 0 Å². The van der Waals surface area contributed by atoms with E-state index in [9.17, 15) is 9.59 Å². The summed E-state index contributed by atoms with van der Waals surface area (Å²) < 4.78 is 0. The highest BCUT2D eigenvalue weighted by atomic mass is 16.2. The lowest BCUT2D eigenvalue weighted by Crippen LogP contribution is -2.43. The number of likely N-dealkylation sites (N-methyl/N-ethyl adjacent to an activating group) is 1. The number of amides is 2. The van der Waals surface area contributed by atoms with Crippen molar-refractivity contribution in [1.82, 2.24) is 20.1 Å². The summed E-state index contributed by atoms with van der Waals surface area (Å²) in [5.74, 6) is 0.0750. The van der Waals surface area contributed by atoms with E-state index in [2.05, 4.69) is 15.2 Å². The minimum Gasteiger partial charge on any atom is -0.353 e. The fraction of sp³-hybridized carbons (Fsp3) is 0.500. The molecule has 2 amide bonds. The molecule has 6 heteroatoms. The molecule has 0 aliphatic carbocycles. The summed E-state index contributed by atoms with van der Waals surface area (Å²) >= 11 is 0. The summed E-state index contributed by atoms with van der Waals surface area (Å²) in [5, 5.41) is 2.88. The van der Waals surface area contributed by atoms with Crippen molar-refractivity contribution in [3.63, 3.8) is 0 Å². The number of carbonyl (C=O) groups excluding carboxylic acids is 2. The summed E-state index contributed by atoms with van der Waals surface area (Å²) in [6.45, 7) is 2.40. The molecule has 0 saturated carbocycles. The lowest BCUT2D eigenvalue weighted by atomic mass is 10.2. The van der Waals surface area contributed by atoms with Gasteiger partial charge in [-0.2, -0.15) is 0 Å². The molecule has 2 rings (SSSR count). The summed E-state index contributed by atoms with van der Waals surface area (Å²) in [6.07, 6.45) is 9.51. The minimum atomic E-state index is -0.103. The second-order valence-electron chi connectivity index (χ2n) is 6.19. The second-order valence-corrected chi connectivity index (χ2v) is 6.19. The van der Waals surface area contributed by atoms with Crippen LogP contribution < -0.4 is 5.32 Å². The maximum atomic E-state index is 12.1. The van der Waals surface area contributed by atoms with Gasteiger partial charge in [-0.05, 0) is 49.6 Å². The van der Waals surface area contributed by atoms with Crippen molar-refractivity contribution >= 4 is 17.9 Å². The van der Waals surface area contributed by atoms with Gasteiger partial charge in [0.05, 0.1) is 6.04 Å². The van der Waals surface area contributed by atoms with Crippen molar-refractivity contribution < 1.29 is 9.59 Å². The van der Waals surface area contributed by atoms with Crippen LogP contribution in [0.1, 0.15) is 24.8 Å². The molecule has 0 bridgehead atoms. The standard InChI is InChI=1S/C18H26N4O2/c1-21(2)18(24)16-5-3-13-22(16)14-4-10-20-17(23)7-6-15-8-11-19-12-9-15/h6-9,11-12,16H,3-5,10,13-14H2,1-2H3,(H,20,23)/b7-6-/t16-/m1/s1. The monoisotopic (exact) mass is 330 g/mol. The Kier molecular flexibility index (Phi) is 6.93. The van der Waals surface area contributed by atoms with Crippen LogP contribution in [0.5, 0.6) is 0 Å². The van der Waals surface area contributed by atoms with E-state index in [-0.39, 0.29) is 17.9 Å². The summed E-state index contributed by atoms with van der Waals surface area (Å²) in [7, 11) is 3.60. The summed E-state index contributed by atoms with van der Waals surface area (Å²) in [4.78, 5) is 31.7. The fourth-order valence-electron chi connectivity index (χ4n) is 2.87. The van der Waals surface area contributed by atoms with Crippen LogP contribution in [0.2, 0.25) is 0 Å². The first-order valence-corrected chi connectivity index (χ1v) is 8.39. The lowest BCUT2D eigenvalue weighted by molar-refractivity contribution is -0.133. The highest BCUT2D eigenvalue weighted by Gasteiger charge is 2.30. The van der Waals surface area contributed by atoms with Crippen molar-refractivity contribution in [2.45, 2.75) is 25.3 Å². The molecule has 0 unspecified atom stereocenters. The normalized spacial score (nSPS) is 18.0. The molecule has 0 aromatic carbocycles. The molecule has 1 atom stereocenters. The van der Waals surface area contributed by atoms with Gasteiger partial charge in [0.25, 0.3) is 0 Å². The van der Waals surface area contributed by atoms with Crippen LogP contribution in [0.3, 0.4) is 0 Å². The van der Waals surface area contributed by atoms with Crippen LogP contribution in [0.4, 0.5) is 0 Å². The van der Waals surface area contributed by atoms with Crippen LogP contribution in [0, 0.1) is 0 Å². The van der Waals surface area contributed by atoms with Gasteiger partial charge in [0.2, 0.25) is 11.8 Å².